The van der Waals surface area contributed by atoms with Gasteiger partial charge in [0, 0.05) is 23.6 Å². The quantitative estimate of drug-likeness (QED) is 0.712. The molecule has 0 spiro atoms. The highest BCUT2D eigenvalue weighted by Gasteiger charge is 1.95. The molecule has 2 aromatic rings. The summed E-state index contributed by atoms with van der Waals surface area (Å²) in [6.07, 6.45) is 5.49. The van der Waals surface area contributed by atoms with Gasteiger partial charge in [-0.3, -0.25) is 0 Å². The number of benzene rings is 1. The van der Waals surface area contributed by atoms with E-state index in [1.165, 1.54) is 5.56 Å². The fourth-order valence-electron chi connectivity index (χ4n) is 1.25. The molecule has 0 aliphatic rings. The van der Waals surface area contributed by atoms with Gasteiger partial charge in [0.05, 0.1) is 12.9 Å². The van der Waals surface area contributed by atoms with Gasteiger partial charge in [0.1, 0.15) is 0 Å². The summed E-state index contributed by atoms with van der Waals surface area (Å²) in [5.41, 5.74) is 6.22. The van der Waals surface area contributed by atoms with Crippen LogP contribution >= 0.6 is 0 Å². The van der Waals surface area contributed by atoms with Crippen LogP contribution in [0.2, 0.25) is 0 Å². The van der Waals surface area contributed by atoms with Crippen LogP contribution in [0.5, 0.6) is 0 Å². The average molecular weight is 174 g/mol. The minimum absolute atomic E-state index is 0.838. The molecule has 0 fully saturated rings. The molecule has 0 aliphatic heterocycles. The highest BCUT2D eigenvalue weighted by Crippen LogP contribution is 2.07. The molecule has 1 aromatic heterocycles. The molecule has 3 heteroatoms. The lowest BCUT2D eigenvalue weighted by Crippen LogP contribution is -2.47. The van der Waals surface area contributed by atoms with Gasteiger partial charge in [0.15, 0.2) is 0 Å². The van der Waals surface area contributed by atoms with Crippen LogP contribution in [0.3, 0.4) is 0 Å². The molecular formula is C10H12N3+. The monoisotopic (exact) mass is 174 g/mol. The number of imidazole rings is 1. The second-order valence-corrected chi connectivity index (χ2v) is 2.89. The molecule has 3 N–H and O–H groups in total. The van der Waals surface area contributed by atoms with Crippen molar-refractivity contribution in [3.63, 3.8) is 0 Å². The van der Waals surface area contributed by atoms with Crippen LogP contribution in [0.1, 0.15) is 5.56 Å². The number of hydrogen-bond acceptors (Lipinski definition) is 1. The normalized spacial score (nSPS) is 10.2. The van der Waals surface area contributed by atoms with Crippen LogP contribution < -0.4 is 5.73 Å². The molecule has 1 heterocycles. The Balaban J connectivity index is 2.33. The Hall–Kier alpha value is -1.61. The fourth-order valence-corrected chi connectivity index (χ4v) is 1.25. The lowest BCUT2D eigenvalue weighted by atomic mass is 10.2. The summed E-state index contributed by atoms with van der Waals surface area (Å²) in [7, 11) is 0. The van der Waals surface area contributed by atoms with Gasteiger partial charge in [-0.1, -0.05) is 12.1 Å². The van der Waals surface area contributed by atoms with Crippen LogP contribution in [0, 0.1) is 0 Å². The highest BCUT2D eigenvalue weighted by atomic mass is 15.0. The second kappa shape index (κ2) is 3.41. The molecule has 0 amide bonds. The van der Waals surface area contributed by atoms with E-state index in [9.17, 15) is 0 Å². The van der Waals surface area contributed by atoms with E-state index in [1.807, 2.05) is 10.8 Å². The topological polar surface area (TPSA) is 45.5 Å². The van der Waals surface area contributed by atoms with Crippen LogP contribution in [-0.4, -0.2) is 9.55 Å². The van der Waals surface area contributed by atoms with Gasteiger partial charge in [-0.25, -0.2) is 4.98 Å². The first-order valence-corrected chi connectivity index (χ1v) is 4.26. The van der Waals surface area contributed by atoms with Crippen LogP contribution in [0.25, 0.3) is 5.69 Å². The molecule has 0 unspecified atom stereocenters. The van der Waals surface area contributed by atoms with E-state index in [0.29, 0.717) is 0 Å². The maximum atomic E-state index is 3.99. The Morgan fingerprint density at radius 1 is 1.23 bits per heavy atom. The average Bonchev–Trinajstić information content (AvgIpc) is 2.71. The van der Waals surface area contributed by atoms with E-state index in [1.54, 1.807) is 12.5 Å². The van der Waals surface area contributed by atoms with Gasteiger partial charge in [-0.05, 0) is 12.1 Å². The predicted molar refractivity (Wildman–Crippen MR) is 50.2 cm³/mol. The number of nitrogens with zero attached hydrogens (tertiary/aromatic N) is 2. The second-order valence-electron chi connectivity index (χ2n) is 2.89. The van der Waals surface area contributed by atoms with Crippen molar-refractivity contribution in [2.45, 2.75) is 6.54 Å². The summed E-state index contributed by atoms with van der Waals surface area (Å²) in [5, 5.41) is 0. The molecule has 0 aliphatic carbocycles. The zero-order valence-corrected chi connectivity index (χ0v) is 7.35. The van der Waals surface area contributed by atoms with E-state index in [2.05, 4.69) is 35.0 Å². The standard InChI is InChI=1S/C10H11N3/c11-7-9-1-3-10(4-2-9)13-6-5-12-8-13/h1-6,8H,7,11H2/p+1. The van der Waals surface area contributed by atoms with Crippen molar-refractivity contribution in [1.29, 1.82) is 0 Å². The number of aromatic nitrogens is 2. The third-order valence-corrected chi connectivity index (χ3v) is 2.03. The van der Waals surface area contributed by atoms with Gasteiger partial charge < -0.3 is 10.3 Å². The lowest BCUT2D eigenvalue weighted by molar-refractivity contribution is -0.386. The van der Waals surface area contributed by atoms with Crippen molar-refractivity contribution in [3.8, 4) is 5.69 Å². The minimum Gasteiger partial charge on any atom is -0.354 e. The zero-order chi connectivity index (χ0) is 9.10. The van der Waals surface area contributed by atoms with E-state index in [-0.39, 0.29) is 0 Å². The van der Waals surface area contributed by atoms with Crippen LogP contribution in [-0.2, 0) is 6.54 Å². The lowest BCUT2D eigenvalue weighted by Gasteiger charge is -2.01. The van der Waals surface area contributed by atoms with Crippen molar-refractivity contribution in [3.05, 3.63) is 48.5 Å². The summed E-state index contributed by atoms with van der Waals surface area (Å²) < 4.78 is 1.98. The third-order valence-electron chi connectivity index (χ3n) is 2.03. The van der Waals surface area contributed by atoms with Crippen molar-refractivity contribution >= 4 is 0 Å². The molecule has 66 valence electrons. The summed E-state index contributed by atoms with van der Waals surface area (Å²) in [6.45, 7) is 0.838. The van der Waals surface area contributed by atoms with Crippen molar-refractivity contribution in [1.82, 2.24) is 9.55 Å². The molecule has 0 bridgehead atoms. The Kier molecular flexibility index (Phi) is 2.10. The summed E-state index contributed by atoms with van der Waals surface area (Å²) in [5.74, 6) is 0. The van der Waals surface area contributed by atoms with Crippen molar-refractivity contribution in [2.24, 2.45) is 0 Å². The SMILES string of the molecule is [NH3+]Cc1ccc(-n2ccnc2)cc1. The first-order valence-electron chi connectivity index (χ1n) is 4.26. The molecule has 3 nitrogen and oxygen atoms in total. The summed E-state index contributed by atoms with van der Waals surface area (Å²) in [6, 6.07) is 8.31. The third kappa shape index (κ3) is 1.60. The maximum Gasteiger partial charge on any atom is 0.0997 e. The van der Waals surface area contributed by atoms with E-state index in [0.717, 1.165) is 12.2 Å². The predicted octanol–water partition coefficient (Wildman–Crippen LogP) is 0.614. The summed E-state index contributed by atoms with van der Waals surface area (Å²) in [4.78, 5) is 3.99. The zero-order valence-electron chi connectivity index (χ0n) is 7.35. The van der Waals surface area contributed by atoms with Gasteiger partial charge in [0.2, 0.25) is 0 Å². The molecule has 2 rings (SSSR count). The van der Waals surface area contributed by atoms with Crippen molar-refractivity contribution in [2.75, 3.05) is 0 Å². The molecule has 0 saturated heterocycles. The fraction of sp³-hybridized carbons (Fsp3) is 0.100. The van der Waals surface area contributed by atoms with E-state index in [4.69, 9.17) is 0 Å². The molecule has 0 atom stereocenters. The minimum atomic E-state index is 0.838. The van der Waals surface area contributed by atoms with Crippen LogP contribution in [0.15, 0.2) is 43.0 Å². The van der Waals surface area contributed by atoms with Gasteiger partial charge in [0.25, 0.3) is 0 Å². The Morgan fingerprint density at radius 3 is 2.54 bits per heavy atom. The van der Waals surface area contributed by atoms with E-state index < -0.39 is 0 Å². The molecule has 13 heavy (non-hydrogen) atoms. The Bertz CT molecular complexity index is 362. The highest BCUT2D eigenvalue weighted by molar-refractivity contribution is 5.34. The van der Waals surface area contributed by atoms with Gasteiger partial charge >= 0.3 is 0 Å². The largest absolute Gasteiger partial charge is 0.354 e. The van der Waals surface area contributed by atoms with E-state index >= 15 is 0 Å². The molecule has 0 saturated carbocycles. The summed E-state index contributed by atoms with van der Waals surface area (Å²) >= 11 is 0. The number of rotatable bonds is 2. The van der Waals surface area contributed by atoms with Crippen LogP contribution in [0.4, 0.5) is 0 Å². The smallest absolute Gasteiger partial charge is 0.0997 e. The molecule has 1 aromatic carbocycles. The van der Waals surface area contributed by atoms with Crippen molar-refractivity contribution < 1.29 is 5.73 Å². The molecular weight excluding hydrogens is 162 g/mol. The first-order chi connectivity index (χ1) is 6.40. The Morgan fingerprint density at radius 2 is 2.00 bits per heavy atom. The Labute approximate surface area is 76.8 Å². The molecule has 0 radical (unpaired) electrons. The first kappa shape index (κ1) is 8.01. The van der Waals surface area contributed by atoms with Gasteiger partial charge in [-0.2, -0.15) is 0 Å². The number of quaternary nitrogens is 1. The van der Waals surface area contributed by atoms with Gasteiger partial charge in [-0.15, -0.1) is 0 Å². The number of hydrogen-bond donors (Lipinski definition) is 1. The maximum absolute atomic E-state index is 3.99.